The Balaban J connectivity index is 1.87. The number of carbonyl (C=O) groups is 2. The third-order valence-corrected chi connectivity index (χ3v) is 7.89. The minimum atomic E-state index is -1.31. The fourth-order valence-corrected chi connectivity index (χ4v) is 5.09. The molecule has 36 heavy (non-hydrogen) atoms. The van der Waals surface area contributed by atoms with Crippen molar-refractivity contribution < 1.29 is 19.4 Å². The van der Waals surface area contributed by atoms with Gasteiger partial charge in [-0.25, -0.2) is 14.8 Å². The van der Waals surface area contributed by atoms with E-state index in [1.807, 2.05) is 19.9 Å². The molecular formula is C26H29N5O4Si. The molecule has 3 heterocycles. The maximum absolute atomic E-state index is 14.1. The minimum Gasteiger partial charge on any atom is -0.464 e. The predicted octanol–water partition coefficient (Wildman–Crippen LogP) is 5.20. The van der Waals surface area contributed by atoms with Crippen LogP contribution in [-0.4, -0.2) is 50.8 Å². The van der Waals surface area contributed by atoms with Crippen molar-refractivity contribution in [1.82, 2.24) is 19.1 Å². The van der Waals surface area contributed by atoms with Crippen LogP contribution >= 0.6 is 0 Å². The molecule has 0 bridgehead atoms. The summed E-state index contributed by atoms with van der Waals surface area (Å²) in [5, 5.41) is 19.5. The highest BCUT2D eigenvalue weighted by molar-refractivity contribution is 6.76. The standard InChI is InChI=1S/C26H29N5O4Si/c1-6-18-11-16(2)22-19(7-8-30(22)26(33)34)21(18)23(32)25-29-20-12-17(13-27)14-28-24(20)31(25)15-35-9-10-36(3,4)5/h7-8,11-12,14H,6,9-10,15H2,1-5H3,(H,33,34). The van der Waals surface area contributed by atoms with Gasteiger partial charge in [0.2, 0.25) is 5.78 Å². The van der Waals surface area contributed by atoms with Crippen molar-refractivity contribution in [3.8, 4) is 6.07 Å². The number of hydrogen-bond donors (Lipinski definition) is 1. The molecule has 3 aromatic heterocycles. The highest BCUT2D eigenvalue weighted by atomic mass is 28.3. The van der Waals surface area contributed by atoms with E-state index in [1.54, 1.807) is 16.7 Å². The Labute approximate surface area is 210 Å². The van der Waals surface area contributed by atoms with Crippen molar-refractivity contribution in [1.29, 1.82) is 5.26 Å². The fraction of sp³-hybridized carbons (Fsp3) is 0.346. The summed E-state index contributed by atoms with van der Waals surface area (Å²) in [5.74, 6) is -0.200. The number of aromatic nitrogens is 4. The molecule has 0 amide bonds. The van der Waals surface area contributed by atoms with Crippen LogP contribution < -0.4 is 0 Å². The van der Waals surface area contributed by atoms with Gasteiger partial charge >= 0.3 is 6.09 Å². The van der Waals surface area contributed by atoms with Crippen LogP contribution in [0.15, 0.2) is 30.6 Å². The fourth-order valence-electron chi connectivity index (χ4n) is 4.33. The molecular weight excluding hydrogens is 474 g/mol. The molecule has 0 aliphatic carbocycles. The van der Waals surface area contributed by atoms with Gasteiger partial charge < -0.3 is 9.84 Å². The number of pyridine rings is 1. The maximum Gasteiger partial charge on any atom is 0.416 e. The quantitative estimate of drug-likeness (QED) is 0.199. The summed E-state index contributed by atoms with van der Waals surface area (Å²) >= 11 is 0. The number of benzene rings is 1. The van der Waals surface area contributed by atoms with Gasteiger partial charge in [0.05, 0.1) is 11.1 Å². The third kappa shape index (κ3) is 4.67. The molecule has 0 saturated heterocycles. The third-order valence-electron chi connectivity index (χ3n) is 6.19. The molecule has 4 aromatic rings. The number of nitriles is 1. The van der Waals surface area contributed by atoms with E-state index in [-0.39, 0.29) is 18.3 Å². The number of imidazole rings is 1. The minimum absolute atomic E-state index is 0.0908. The monoisotopic (exact) mass is 503 g/mol. The summed E-state index contributed by atoms with van der Waals surface area (Å²) in [7, 11) is -1.31. The van der Waals surface area contributed by atoms with Gasteiger partial charge in [-0.1, -0.05) is 32.6 Å². The second-order valence-corrected chi connectivity index (χ2v) is 15.7. The van der Waals surface area contributed by atoms with Crippen LogP contribution in [0.3, 0.4) is 0 Å². The van der Waals surface area contributed by atoms with Gasteiger partial charge in [0, 0.05) is 38.0 Å². The number of ether oxygens (including phenoxy) is 1. The van der Waals surface area contributed by atoms with Crippen molar-refractivity contribution in [3.63, 3.8) is 0 Å². The average Bonchev–Trinajstić information content (AvgIpc) is 3.42. The second-order valence-electron chi connectivity index (χ2n) is 10.0. The molecule has 4 rings (SSSR count). The Morgan fingerprint density at radius 2 is 2.00 bits per heavy atom. The van der Waals surface area contributed by atoms with Gasteiger partial charge in [0.1, 0.15) is 18.3 Å². The van der Waals surface area contributed by atoms with Crippen LogP contribution in [0.1, 0.15) is 39.8 Å². The Hall–Kier alpha value is -3.81. The number of hydrogen-bond acceptors (Lipinski definition) is 6. The summed E-state index contributed by atoms with van der Waals surface area (Å²) < 4.78 is 8.73. The summed E-state index contributed by atoms with van der Waals surface area (Å²) in [5.41, 5.74) is 3.69. The summed E-state index contributed by atoms with van der Waals surface area (Å²) in [6.45, 7) is 11.2. The first-order chi connectivity index (χ1) is 17.1. The number of nitrogens with zero attached hydrogens (tertiary/aromatic N) is 5. The van der Waals surface area contributed by atoms with Gasteiger partial charge in [-0.05, 0) is 42.6 Å². The zero-order chi connectivity index (χ0) is 26.2. The van der Waals surface area contributed by atoms with Crippen LogP contribution in [0, 0.1) is 18.3 Å². The van der Waals surface area contributed by atoms with Crippen LogP contribution in [-0.2, 0) is 17.9 Å². The van der Waals surface area contributed by atoms with Crippen LogP contribution in [0.2, 0.25) is 25.7 Å². The Kier molecular flexibility index (Phi) is 6.80. The maximum atomic E-state index is 14.1. The number of ketones is 1. The van der Waals surface area contributed by atoms with Crippen LogP contribution in [0.4, 0.5) is 4.79 Å². The van der Waals surface area contributed by atoms with E-state index >= 15 is 0 Å². The lowest BCUT2D eigenvalue weighted by atomic mass is 9.94. The van der Waals surface area contributed by atoms with Gasteiger partial charge in [0.15, 0.2) is 11.5 Å². The number of carboxylic acid groups (broad SMARTS) is 1. The highest BCUT2D eigenvalue weighted by Crippen LogP contribution is 2.30. The first-order valence-corrected chi connectivity index (χ1v) is 15.5. The van der Waals surface area contributed by atoms with Crippen molar-refractivity contribution in [3.05, 3.63) is 58.7 Å². The predicted molar refractivity (Wildman–Crippen MR) is 139 cm³/mol. The summed E-state index contributed by atoms with van der Waals surface area (Å²) in [4.78, 5) is 34.9. The van der Waals surface area contributed by atoms with E-state index in [0.29, 0.717) is 46.2 Å². The molecule has 0 aliphatic heterocycles. The van der Waals surface area contributed by atoms with Gasteiger partial charge in [-0.3, -0.25) is 13.9 Å². The Morgan fingerprint density at radius 1 is 1.25 bits per heavy atom. The SMILES string of the molecule is CCc1cc(C)c2c(ccn2C(=O)O)c1C(=O)c1nc2cc(C#N)cnc2n1COCC[Si](C)(C)C. The Bertz CT molecular complexity index is 1540. The first-order valence-electron chi connectivity index (χ1n) is 11.8. The van der Waals surface area contributed by atoms with E-state index in [0.717, 1.165) is 21.7 Å². The van der Waals surface area contributed by atoms with Gasteiger partial charge in [-0.2, -0.15) is 5.26 Å². The van der Waals surface area contributed by atoms with Crippen molar-refractivity contribution in [2.24, 2.45) is 0 Å². The van der Waals surface area contributed by atoms with Crippen LogP contribution in [0.5, 0.6) is 0 Å². The number of rotatable bonds is 8. The van der Waals surface area contributed by atoms with Crippen molar-refractivity contribution in [2.75, 3.05) is 6.61 Å². The molecule has 0 radical (unpaired) electrons. The summed E-state index contributed by atoms with van der Waals surface area (Å²) in [6, 6.07) is 8.15. The second kappa shape index (κ2) is 9.68. The zero-order valence-electron chi connectivity index (χ0n) is 21.1. The molecule has 0 unspecified atom stereocenters. The highest BCUT2D eigenvalue weighted by Gasteiger charge is 2.26. The molecule has 1 N–H and O–H groups in total. The van der Waals surface area contributed by atoms with E-state index in [9.17, 15) is 20.0 Å². The van der Waals surface area contributed by atoms with Crippen molar-refractivity contribution in [2.45, 2.75) is 52.7 Å². The number of carbonyl (C=O) groups excluding carboxylic acids is 1. The molecule has 0 fully saturated rings. The zero-order valence-corrected chi connectivity index (χ0v) is 22.1. The number of fused-ring (bicyclic) bond motifs is 2. The summed E-state index contributed by atoms with van der Waals surface area (Å²) in [6.07, 6.45) is 2.37. The molecule has 9 nitrogen and oxygen atoms in total. The van der Waals surface area contributed by atoms with Gasteiger partial charge in [-0.15, -0.1) is 0 Å². The largest absolute Gasteiger partial charge is 0.464 e. The normalized spacial score (nSPS) is 11.8. The molecule has 10 heteroatoms. The molecule has 0 aliphatic rings. The lowest BCUT2D eigenvalue weighted by Gasteiger charge is -2.16. The topological polar surface area (TPSA) is 123 Å². The van der Waals surface area contributed by atoms with E-state index < -0.39 is 14.2 Å². The van der Waals surface area contributed by atoms with E-state index in [4.69, 9.17) is 4.74 Å². The Morgan fingerprint density at radius 3 is 2.64 bits per heavy atom. The first kappa shape index (κ1) is 25.3. The van der Waals surface area contributed by atoms with Gasteiger partial charge in [0.25, 0.3) is 0 Å². The molecule has 0 saturated carbocycles. The molecule has 0 atom stereocenters. The smallest absolute Gasteiger partial charge is 0.416 e. The lowest BCUT2D eigenvalue weighted by Crippen LogP contribution is -2.22. The lowest BCUT2D eigenvalue weighted by molar-refractivity contribution is 0.0832. The molecule has 186 valence electrons. The van der Waals surface area contributed by atoms with E-state index in [1.165, 1.54) is 12.4 Å². The average molecular weight is 504 g/mol. The number of aryl methyl sites for hydroxylation is 2. The van der Waals surface area contributed by atoms with E-state index in [2.05, 4.69) is 35.7 Å². The van der Waals surface area contributed by atoms with Crippen molar-refractivity contribution >= 4 is 42.0 Å². The molecule has 0 spiro atoms. The molecule has 1 aromatic carbocycles. The van der Waals surface area contributed by atoms with Crippen LogP contribution in [0.25, 0.3) is 22.1 Å².